The maximum absolute atomic E-state index is 12.9. The van der Waals surface area contributed by atoms with E-state index in [1.807, 2.05) is 0 Å². The van der Waals surface area contributed by atoms with Gasteiger partial charge in [-0.2, -0.15) is 0 Å². The van der Waals surface area contributed by atoms with Crippen LogP contribution in [0.25, 0.3) is 0 Å². The summed E-state index contributed by atoms with van der Waals surface area (Å²) in [6.45, 7) is 3.46. The summed E-state index contributed by atoms with van der Waals surface area (Å²) in [5.41, 5.74) is 6.03. The minimum Gasteiger partial charge on any atom is -0.493 e. The summed E-state index contributed by atoms with van der Waals surface area (Å²) >= 11 is 0. The van der Waals surface area contributed by atoms with Crippen LogP contribution in [0.2, 0.25) is 0 Å². The van der Waals surface area contributed by atoms with E-state index in [2.05, 4.69) is 0 Å². The molecule has 1 heterocycles. The van der Waals surface area contributed by atoms with Crippen molar-refractivity contribution >= 4 is 24.2 Å². The molecule has 2 N–H and O–H groups in total. The lowest BCUT2D eigenvalue weighted by atomic mass is 10.1. The minimum absolute atomic E-state index is 0. The molecule has 2 rings (SSSR count). The van der Waals surface area contributed by atoms with Gasteiger partial charge in [-0.05, 0) is 19.1 Å². The number of piperazine rings is 1. The number of nitrogens with zero attached hydrogens (tertiary/aromatic N) is 2. The summed E-state index contributed by atoms with van der Waals surface area (Å²) in [5, 5.41) is 0. The predicted molar refractivity (Wildman–Crippen MR) is 99.5 cm³/mol. The summed E-state index contributed by atoms with van der Waals surface area (Å²) < 4.78 is 15.9. The highest BCUT2D eigenvalue weighted by Crippen LogP contribution is 2.40. The van der Waals surface area contributed by atoms with E-state index in [4.69, 9.17) is 19.9 Å². The molecule has 1 fully saturated rings. The van der Waals surface area contributed by atoms with Crippen molar-refractivity contribution < 1.29 is 23.8 Å². The molecule has 9 heteroatoms. The molecule has 0 radical (unpaired) electrons. The fraction of sp³-hybridized carbons (Fsp3) is 0.529. The highest BCUT2D eigenvalue weighted by Gasteiger charge is 2.29. The van der Waals surface area contributed by atoms with E-state index < -0.39 is 6.04 Å². The Bertz CT molecular complexity index is 646. The van der Waals surface area contributed by atoms with E-state index in [1.54, 1.807) is 28.9 Å². The van der Waals surface area contributed by atoms with Crippen molar-refractivity contribution in [3.05, 3.63) is 17.7 Å². The van der Waals surface area contributed by atoms with Gasteiger partial charge in [-0.25, -0.2) is 0 Å². The second-order valence-corrected chi connectivity index (χ2v) is 5.79. The van der Waals surface area contributed by atoms with Crippen molar-refractivity contribution in [1.29, 1.82) is 0 Å². The van der Waals surface area contributed by atoms with Crippen LogP contribution in [0.1, 0.15) is 17.3 Å². The minimum atomic E-state index is -0.534. The first kappa shape index (κ1) is 21.9. The molecule has 0 bridgehead atoms. The van der Waals surface area contributed by atoms with Crippen molar-refractivity contribution in [3.63, 3.8) is 0 Å². The Morgan fingerprint density at radius 3 is 1.96 bits per heavy atom. The van der Waals surface area contributed by atoms with Crippen LogP contribution in [-0.4, -0.2) is 75.2 Å². The van der Waals surface area contributed by atoms with E-state index in [0.717, 1.165) is 0 Å². The quantitative estimate of drug-likeness (QED) is 0.801. The van der Waals surface area contributed by atoms with Crippen LogP contribution in [0.15, 0.2) is 12.1 Å². The molecule has 2 amide bonds. The van der Waals surface area contributed by atoms with Crippen LogP contribution in [0.4, 0.5) is 0 Å². The van der Waals surface area contributed by atoms with Crippen molar-refractivity contribution in [2.75, 3.05) is 47.5 Å². The standard InChI is InChI=1S/C17H25N3O5.ClH/c1-11(18)16(21)19-7-9-20(10-8-19)17(22)12-5-6-13(23-2)15(25-4)14(12)24-3;/h5-6,11H,7-10,18H2,1-4H3;1H/t11-;/m1./s1. The molecule has 1 aromatic carbocycles. The van der Waals surface area contributed by atoms with Crippen LogP contribution in [0.5, 0.6) is 17.2 Å². The van der Waals surface area contributed by atoms with Gasteiger partial charge in [0.15, 0.2) is 11.5 Å². The fourth-order valence-corrected chi connectivity index (χ4v) is 2.86. The summed E-state index contributed by atoms with van der Waals surface area (Å²) in [4.78, 5) is 28.2. The van der Waals surface area contributed by atoms with Gasteiger partial charge in [0.2, 0.25) is 11.7 Å². The molecule has 1 atom stereocenters. The first-order valence-electron chi connectivity index (χ1n) is 8.07. The monoisotopic (exact) mass is 387 g/mol. The van der Waals surface area contributed by atoms with Gasteiger partial charge >= 0.3 is 0 Å². The van der Waals surface area contributed by atoms with Gasteiger partial charge in [0.25, 0.3) is 5.91 Å². The Balaban J connectivity index is 0.00000338. The van der Waals surface area contributed by atoms with Gasteiger partial charge in [0.05, 0.1) is 32.9 Å². The maximum Gasteiger partial charge on any atom is 0.257 e. The lowest BCUT2D eigenvalue weighted by molar-refractivity contribution is -0.133. The summed E-state index contributed by atoms with van der Waals surface area (Å²) in [5.74, 6) is 0.923. The third-order valence-electron chi connectivity index (χ3n) is 4.20. The number of benzene rings is 1. The average molecular weight is 388 g/mol. The molecule has 1 aliphatic rings. The molecule has 1 saturated heterocycles. The number of nitrogens with two attached hydrogens (primary N) is 1. The molecule has 0 unspecified atom stereocenters. The highest BCUT2D eigenvalue weighted by atomic mass is 35.5. The lowest BCUT2D eigenvalue weighted by Gasteiger charge is -2.35. The third kappa shape index (κ3) is 4.31. The highest BCUT2D eigenvalue weighted by molar-refractivity contribution is 5.98. The summed E-state index contributed by atoms with van der Waals surface area (Å²) in [6, 6.07) is 2.79. The molecule has 1 aromatic rings. The Morgan fingerprint density at radius 2 is 1.50 bits per heavy atom. The van der Waals surface area contributed by atoms with Gasteiger partial charge in [-0.15, -0.1) is 12.4 Å². The van der Waals surface area contributed by atoms with E-state index in [9.17, 15) is 9.59 Å². The number of amides is 2. The molecule has 146 valence electrons. The molecular weight excluding hydrogens is 362 g/mol. The molecule has 0 saturated carbocycles. The average Bonchev–Trinajstić information content (AvgIpc) is 2.65. The van der Waals surface area contributed by atoms with Crippen molar-refractivity contribution in [2.45, 2.75) is 13.0 Å². The van der Waals surface area contributed by atoms with Crippen molar-refractivity contribution in [2.24, 2.45) is 5.73 Å². The van der Waals surface area contributed by atoms with E-state index in [0.29, 0.717) is 49.0 Å². The van der Waals surface area contributed by atoms with Gasteiger partial charge in [0.1, 0.15) is 0 Å². The third-order valence-corrected chi connectivity index (χ3v) is 4.20. The number of rotatable bonds is 5. The number of ether oxygens (including phenoxy) is 3. The maximum atomic E-state index is 12.9. The van der Waals surface area contributed by atoms with E-state index in [-0.39, 0.29) is 24.2 Å². The molecule has 0 aliphatic carbocycles. The number of halogens is 1. The zero-order chi connectivity index (χ0) is 18.6. The smallest absolute Gasteiger partial charge is 0.257 e. The number of hydrogen-bond donors (Lipinski definition) is 1. The SMILES string of the molecule is COc1ccc(C(=O)N2CCN(C(=O)[C@@H](C)N)CC2)c(OC)c1OC.Cl. The lowest BCUT2D eigenvalue weighted by Crippen LogP contribution is -2.53. The molecular formula is C17H26ClN3O5. The van der Waals surface area contributed by atoms with Crippen molar-refractivity contribution in [1.82, 2.24) is 9.80 Å². The Hall–Kier alpha value is -2.19. The Kier molecular flexibility index (Phi) is 7.98. The first-order chi connectivity index (χ1) is 11.9. The van der Waals surface area contributed by atoms with E-state index in [1.165, 1.54) is 21.3 Å². The summed E-state index contributed by atoms with van der Waals surface area (Å²) in [7, 11) is 4.49. The van der Waals surface area contributed by atoms with Crippen LogP contribution < -0.4 is 19.9 Å². The fourth-order valence-electron chi connectivity index (χ4n) is 2.86. The van der Waals surface area contributed by atoms with Crippen LogP contribution >= 0.6 is 12.4 Å². The Labute approximate surface area is 159 Å². The second-order valence-electron chi connectivity index (χ2n) is 5.79. The first-order valence-corrected chi connectivity index (χ1v) is 8.07. The number of methoxy groups -OCH3 is 3. The largest absolute Gasteiger partial charge is 0.493 e. The molecule has 8 nitrogen and oxygen atoms in total. The molecule has 0 spiro atoms. The number of hydrogen-bond acceptors (Lipinski definition) is 6. The molecule has 26 heavy (non-hydrogen) atoms. The van der Waals surface area contributed by atoms with Crippen LogP contribution in [0.3, 0.4) is 0 Å². The van der Waals surface area contributed by atoms with Gasteiger partial charge in [-0.3, -0.25) is 9.59 Å². The number of carbonyl (C=O) groups is 2. The predicted octanol–water partition coefficient (Wildman–Crippen LogP) is 0.766. The van der Waals surface area contributed by atoms with Crippen LogP contribution in [-0.2, 0) is 4.79 Å². The number of carbonyl (C=O) groups excluding carboxylic acids is 2. The van der Waals surface area contributed by atoms with Gasteiger partial charge in [-0.1, -0.05) is 0 Å². The van der Waals surface area contributed by atoms with Gasteiger partial charge in [0, 0.05) is 26.2 Å². The molecule has 1 aliphatic heterocycles. The zero-order valence-electron chi connectivity index (χ0n) is 15.5. The van der Waals surface area contributed by atoms with E-state index >= 15 is 0 Å². The summed E-state index contributed by atoms with van der Waals surface area (Å²) in [6.07, 6.45) is 0. The van der Waals surface area contributed by atoms with Crippen molar-refractivity contribution in [3.8, 4) is 17.2 Å². The normalized spacial score (nSPS) is 15.0. The topological polar surface area (TPSA) is 94.3 Å². The van der Waals surface area contributed by atoms with Crippen LogP contribution in [0, 0.1) is 0 Å². The second kappa shape index (κ2) is 9.49. The Morgan fingerprint density at radius 1 is 0.962 bits per heavy atom. The zero-order valence-corrected chi connectivity index (χ0v) is 16.3. The van der Waals surface area contributed by atoms with Gasteiger partial charge < -0.3 is 29.7 Å². The molecule has 0 aromatic heterocycles.